The first-order valence-corrected chi connectivity index (χ1v) is 10.6. The molecule has 2 heterocycles. The summed E-state index contributed by atoms with van der Waals surface area (Å²) in [5, 5.41) is 0. The third-order valence-corrected chi connectivity index (χ3v) is 6.26. The topological polar surface area (TPSA) is 33.5 Å². The van der Waals surface area contributed by atoms with Crippen molar-refractivity contribution in [3.8, 4) is 11.3 Å². The van der Waals surface area contributed by atoms with Crippen LogP contribution in [0.25, 0.3) is 17.4 Å². The lowest BCUT2D eigenvalue weighted by atomic mass is 10.1. The summed E-state index contributed by atoms with van der Waals surface area (Å²) in [5.41, 5.74) is 3.91. The maximum absolute atomic E-state index is 13.0. The molecule has 2 aromatic carbocycles. The van der Waals surface area contributed by atoms with Crippen LogP contribution >= 0.6 is 39.9 Å². The minimum atomic E-state index is -0.120. The first-order valence-electron chi connectivity index (χ1n) is 8.63. The number of carbonyl (C=O) groups is 1. The smallest absolute Gasteiger partial charge is 0.270 e. The number of thioether (sulfide) groups is 1. The number of halogens is 1. The van der Waals surface area contributed by atoms with Crippen molar-refractivity contribution in [3.63, 3.8) is 0 Å². The third kappa shape index (κ3) is 3.72. The van der Waals surface area contributed by atoms with Gasteiger partial charge < -0.3 is 4.42 Å². The van der Waals surface area contributed by atoms with Crippen molar-refractivity contribution in [2.75, 3.05) is 4.90 Å². The summed E-state index contributed by atoms with van der Waals surface area (Å²) in [7, 11) is 0. The molecular weight excluding hydrogens is 454 g/mol. The van der Waals surface area contributed by atoms with Crippen LogP contribution in [0, 0.1) is 13.8 Å². The summed E-state index contributed by atoms with van der Waals surface area (Å²) < 4.78 is 7.46. The van der Waals surface area contributed by atoms with E-state index in [0.717, 1.165) is 32.6 Å². The Kier molecular flexibility index (Phi) is 5.27. The molecule has 1 aliphatic rings. The summed E-state index contributed by atoms with van der Waals surface area (Å²) in [6.07, 6.45) is 1.76. The quantitative estimate of drug-likeness (QED) is 0.314. The number of amides is 1. The van der Waals surface area contributed by atoms with Crippen LogP contribution in [0.3, 0.4) is 0 Å². The lowest BCUT2D eigenvalue weighted by molar-refractivity contribution is -0.113. The van der Waals surface area contributed by atoms with Crippen LogP contribution < -0.4 is 4.90 Å². The minimum Gasteiger partial charge on any atom is -0.457 e. The Morgan fingerprint density at radius 1 is 1.07 bits per heavy atom. The van der Waals surface area contributed by atoms with Crippen molar-refractivity contribution in [2.24, 2.45) is 0 Å². The van der Waals surface area contributed by atoms with Gasteiger partial charge >= 0.3 is 0 Å². The van der Waals surface area contributed by atoms with Gasteiger partial charge in [0.1, 0.15) is 11.5 Å². The molecule has 1 aromatic heterocycles. The highest BCUT2D eigenvalue weighted by Crippen LogP contribution is 2.38. The van der Waals surface area contributed by atoms with Gasteiger partial charge in [-0.1, -0.05) is 64.2 Å². The van der Waals surface area contributed by atoms with Gasteiger partial charge in [0.05, 0.1) is 10.6 Å². The van der Waals surface area contributed by atoms with Gasteiger partial charge in [-0.15, -0.1) is 0 Å². The Balaban J connectivity index is 1.63. The maximum atomic E-state index is 13.0. The van der Waals surface area contributed by atoms with Gasteiger partial charge in [-0.2, -0.15) is 0 Å². The van der Waals surface area contributed by atoms with Gasteiger partial charge in [0.25, 0.3) is 5.91 Å². The summed E-state index contributed by atoms with van der Waals surface area (Å²) >= 11 is 10.2. The zero-order valence-corrected chi connectivity index (χ0v) is 18.5. The molecular formula is C22H16BrNO2S2. The number of hydrogen-bond donors (Lipinski definition) is 0. The molecule has 4 rings (SSSR count). The van der Waals surface area contributed by atoms with Crippen molar-refractivity contribution in [1.82, 2.24) is 0 Å². The number of furan rings is 1. The first-order chi connectivity index (χ1) is 13.4. The number of hydrogen-bond acceptors (Lipinski definition) is 4. The SMILES string of the molecule is Cc1ccc(C)c(N2C(=O)/C(=C\c3ccc(-c4ccc(Br)cc4)o3)SC2=S)c1. The number of anilines is 1. The molecule has 140 valence electrons. The van der Waals surface area contributed by atoms with E-state index in [0.29, 0.717) is 15.0 Å². The average molecular weight is 470 g/mol. The van der Waals surface area contributed by atoms with Gasteiger partial charge in [0, 0.05) is 16.1 Å². The number of aryl methyl sites for hydroxylation is 2. The van der Waals surface area contributed by atoms with Gasteiger partial charge in [-0.05, 0) is 55.3 Å². The van der Waals surface area contributed by atoms with Gasteiger partial charge in [0.15, 0.2) is 4.32 Å². The highest BCUT2D eigenvalue weighted by Gasteiger charge is 2.34. The standard InChI is InChI=1S/C22H16BrNO2S2/c1-13-3-4-14(2)18(11-13)24-21(25)20(28-22(24)27)12-17-9-10-19(26-17)15-5-7-16(23)8-6-15/h3-12H,1-2H3/b20-12+. The summed E-state index contributed by atoms with van der Waals surface area (Å²) in [6, 6.07) is 17.7. The van der Waals surface area contributed by atoms with E-state index in [1.807, 2.05) is 68.4 Å². The number of rotatable bonds is 3. The Hall–Kier alpha value is -2.15. The molecule has 0 saturated carbocycles. The average Bonchev–Trinajstić information content (AvgIpc) is 3.23. The van der Waals surface area contributed by atoms with E-state index < -0.39 is 0 Å². The van der Waals surface area contributed by atoms with Crippen LogP contribution in [-0.4, -0.2) is 10.2 Å². The van der Waals surface area contributed by atoms with Crippen LogP contribution in [0.2, 0.25) is 0 Å². The molecule has 1 saturated heterocycles. The molecule has 0 radical (unpaired) electrons. The predicted molar refractivity (Wildman–Crippen MR) is 123 cm³/mol. The van der Waals surface area contributed by atoms with Gasteiger partial charge in [-0.3, -0.25) is 9.69 Å². The molecule has 1 fully saturated rings. The molecule has 1 amide bonds. The predicted octanol–water partition coefficient (Wildman–Crippen LogP) is 6.73. The largest absolute Gasteiger partial charge is 0.457 e. The Labute approximate surface area is 181 Å². The molecule has 3 nitrogen and oxygen atoms in total. The maximum Gasteiger partial charge on any atom is 0.270 e. The van der Waals surface area contributed by atoms with E-state index >= 15 is 0 Å². The zero-order chi connectivity index (χ0) is 19.8. The number of nitrogens with zero attached hydrogens (tertiary/aromatic N) is 1. The lowest BCUT2D eigenvalue weighted by Gasteiger charge is -2.17. The molecule has 0 aliphatic carbocycles. The lowest BCUT2D eigenvalue weighted by Crippen LogP contribution is -2.28. The van der Waals surface area contributed by atoms with Crippen molar-refractivity contribution >= 4 is 61.9 Å². The molecule has 28 heavy (non-hydrogen) atoms. The Bertz CT molecular complexity index is 1120. The van der Waals surface area contributed by atoms with Crippen LogP contribution in [0.1, 0.15) is 16.9 Å². The van der Waals surface area contributed by atoms with Crippen LogP contribution in [0.4, 0.5) is 5.69 Å². The van der Waals surface area contributed by atoms with E-state index in [1.165, 1.54) is 11.8 Å². The fraction of sp³-hybridized carbons (Fsp3) is 0.0909. The van der Waals surface area contributed by atoms with E-state index in [4.69, 9.17) is 16.6 Å². The van der Waals surface area contributed by atoms with Crippen LogP contribution in [0.5, 0.6) is 0 Å². The molecule has 1 aliphatic heterocycles. The van der Waals surface area contributed by atoms with Crippen molar-refractivity contribution in [2.45, 2.75) is 13.8 Å². The van der Waals surface area contributed by atoms with Gasteiger partial charge in [0.2, 0.25) is 0 Å². The van der Waals surface area contributed by atoms with E-state index in [1.54, 1.807) is 11.0 Å². The molecule has 6 heteroatoms. The van der Waals surface area contributed by atoms with E-state index in [-0.39, 0.29) is 5.91 Å². The second kappa shape index (κ2) is 7.70. The summed E-state index contributed by atoms with van der Waals surface area (Å²) in [4.78, 5) is 15.2. The highest BCUT2D eigenvalue weighted by molar-refractivity contribution is 9.10. The fourth-order valence-corrected chi connectivity index (χ4v) is 4.49. The molecule has 0 unspecified atom stereocenters. The second-order valence-electron chi connectivity index (χ2n) is 6.52. The second-order valence-corrected chi connectivity index (χ2v) is 9.11. The molecule has 0 N–H and O–H groups in total. The minimum absolute atomic E-state index is 0.120. The van der Waals surface area contributed by atoms with E-state index in [2.05, 4.69) is 15.9 Å². The highest BCUT2D eigenvalue weighted by atomic mass is 79.9. The van der Waals surface area contributed by atoms with Crippen LogP contribution in [0.15, 0.2) is 68.4 Å². The summed E-state index contributed by atoms with van der Waals surface area (Å²) in [6.45, 7) is 3.98. The zero-order valence-electron chi connectivity index (χ0n) is 15.2. The molecule has 0 spiro atoms. The number of benzene rings is 2. The normalized spacial score (nSPS) is 15.7. The molecule has 3 aromatic rings. The number of thiocarbonyl (C=S) groups is 1. The van der Waals surface area contributed by atoms with Crippen molar-refractivity contribution < 1.29 is 9.21 Å². The fourth-order valence-electron chi connectivity index (χ4n) is 2.96. The van der Waals surface area contributed by atoms with Gasteiger partial charge in [-0.25, -0.2) is 0 Å². The van der Waals surface area contributed by atoms with Crippen molar-refractivity contribution in [3.05, 3.63) is 80.9 Å². The summed E-state index contributed by atoms with van der Waals surface area (Å²) in [5.74, 6) is 1.26. The van der Waals surface area contributed by atoms with E-state index in [9.17, 15) is 4.79 Å². The van der Waals surface area contributed by atoms with Crippen LogP contribution in [-0.2, 0) is 4.79 Å². The first kappa shape index (κ1) is 19.2. The Morgan fingerprint density at radius 2 is 1.82 bits per heavy atom. The number of carbonyl (C=O) groups excluding carboxylic acids is 1. The molecule has 0 bridgehead atoms. The van der Waals surface area contributed by atoms with Crippen molar-refractivity contribution in [1.29, 1.82) is 0 Å². The monoisotopic (exact) mass is 469 g/mol. The third-order valence-electron chi connectivity index (χ3n) is 4.43. The molecule has 0 atom stereocenters. The Morgan fingerprint density at radius 3 is 2.57 bits per heavy atom.